The van der Waals surface area contributed by atoms with Crippen LogP contribution in [0.2, 0.25) is 0 Å². The van der Waals surface area contributed by atoms with E-state index < -0.39 is 5.72 Å². The fraction of sp³-hybridized carbons (Fsp3) is 1.00. The van der Waals surface area contributed by atoms with Gasteiger partial charge in [0.15, 0.2) is 0 Å². The van der Waals surface area contributed by atoms with Gasteiger partial charge in [-0.1, -0.05) is 0 Å². The van der Waals surface area contributed by atoms with Gasteiger partial charge in [-0.3, -0.25) is 10.2 Å². The summed E-state index contributed by atoms with van der Waals surface area (Å²) in [7, 11) is 2.22. The molecule has 0 aromatic heterocycles. The van der Waals surface area contributed by atoms with Crippen LogP contribution in [-0.4, -0.2) is 51.0 Å². The predicted octanol–water partition coefficient (Wildman–Crippen LogP) is 2.86. The van der Waals surface area contributed by atoms with Gasteiger partial charge in [-0.25, -0.2) is 0 Å². The Morgan fingerprint density at radius 2 is 1.43 bits per heavy atom. The minimum Gasteiger partial charge on any atom is -0.376 e. The molecule has 136 valence electrons. The molecule has 0 aromatic rings. The monoisotopic (exact) mass is 325 g/mol. The van der Waals surface area contributed by atoms with Crippen molar-refractivity contribution in [3.05, 3.63) is 0 Å². The summed E-state index contributed by atoms with van der Waals surface area (Å²) in [5.74, 6) is 0. The number of rotatable bonds is 2. The Morgan fingerprint density at radius 1 is 0.957 bits per heavy atom. The quantitative estimate of drug-likeness (QED) is 0.683. The average Bonchev–Trinajstić information content (AvgIpc) is 2.26. The van der Waals surface area contributed by atoms with Crippen molar-refractivity contribution < 1.29 is 5.11 Å². The second kappa shape index (κ2) is 5.42. The molecule has 4 heteroatoms. The highest BCUT2D eigenvalue weighted by molar-refractivity contribution is 5.09. The first-order valence-electron chi connectivity index (χ1n) is 9.12. The van der Waals surface area contributed by atoms with Crippen molar-refractivity contribution in [2.75, 3.05) is 7.05 Å². The van der Waals surface area contributed by atoms with E-state index in [4.69, 9.17) is 0 Å². The third-order valence-corrected chi connectivity index (χ3v) is 6.26. The zero-order valence-corrected chi connectivity index (χ0v) is 16.8. The Bertz CT molecular complexity index is 438. The van der Waals surface area contributed by atoms with Crippen LogP contribution < -0.4 is 10.6 Å². The van der Waals surface area contributed by atoms with Crippen molar-refractivity contribution in [3.63, 3.8) is 0 Å². The SMILES string of the molecule is CN1C(C)(C)CCC(NC2(O)CC(C)(C)NC(C)(C)C2)C1(C)C. The zero-order valence-electron chi connectivity index (χ0n) is 16.8. The lowest BCUT2D eigenvalue weighted by Crippen LogP contribution is -2.73. The molecular formula is C19H39N3O. The molecular weight excluding hydrogens is 286 g/mol. The molecule has 23 heavy (non-hydrogen) atoms. The second-order valence-electron chi connectivity index (χ2n) is 10.5. The number of piperidine rings is 2. The van der Waals surface area contributed by atoms with Crippen LogP contribution in [-0.2, 0) is 0 Å². The number of likely N-dealkylation sites (tertiary alicyclic amines) is 1. The maximum absolute atomic E-state index is 11.4. The molecule has 1 atom stereocenters. The molecule has 0 amide bonds. The fourth-order valence-electron chi connectivity index (χ4n) is 5.24. The van der Waals surface area contributed by atoms with E-state index in [2.05, 4.69) is 78.0 Å². The average molecular weight is 326 g/mol. The largest absolute Gasteiger partial charge is 0.376 e. The van der Waals surface area contributed by atoms with Crippen molar-refractivity contribution in [2.24, 2.45) is 0 Å². The van der Waals surface area contributed by atoms with E-state index in [0.717, 1.165) is 25.7 Å². The Hall–Kier alpha value is -0.160. The van der Waals surface area contributed by atoms with Gasteiger partial charge in [-0.2, -0.15) is 0 Å². The summed E-state index contributed by atoms with van der Waals surface area (Å²) in [5.41, 5.74) is -0.753. The predicted molar refractivity (Wildman–Crippen MR) is 97.6 cm³/mol. The first kappa shape index (κ1) is 19.2. The van der Waals surface area contributed by atoms with E-state index in [1.165, 1.54) is 0 Å². The van der Waals surface area contributed by atoms with Gasteiger partial charge >= 0.3 is 0 Å². The van der Waals surface area contributed by atoms with Crippen molar-refractivity contribution in [3.8, 4) is 0 Å². The van der Waals surface area contributed by atoms with Crippen molar-refractivity contribution in [1.82, 2.24) is 15.5 Å². The highest BCUT2D eigenvalue weighted by atomic mass is 16.3. The number of hydrogen-bond acceptors (Lipinski definition) is 4. The van der Waals surface area contributed by atoms with Crippen LogP contribution in [0.3, 0.4) is 0 Å². The van der Waals surface area contributed by atoms with Crippen LogP contribution in [0.25, 0.3) is 0 Å². The summed E-state index contributed by atoms with van der Waals surface area (Å²) < 4.78 is 0. The lowest BCUT2D eigenvalue weighted by atomic mass is 9.73. The summed E-state index contributed by atoms with van der Waals surface area (Å²) in [5, 5.41) is 18.7. The Labute approximate surface area is 143 Å². The van der Waals surface area contributed by atoms with Crippen LogP contribution in [0.5, 0.6) is 0 Å². The van der Waals surface area contributed by atoms with Crippen LogP contribution in [0.15, 0.2) is 0 Å². The smallest absolute Gasteiger partial charge is 0.119 e. The standard InChI is InChI=1S/C19H39N3O/c1-15(2)12-19(23,13-16(3,4)21-15)20-14-10-11-17(5,6)22(9)18(14,7)8/h14,20-21,23H,10-13H2,1-9H3. The van der Waals surface area contributed by atoms with E-state index in [1.54, 1.807) is 0 Å². The van der Waals surface area contributed by atoms with Crippen molar-refractivity contribution in [1.29, 1.82) is 0 Å². The van der Waals surface area contributed by atoms with Gasteiger partial charge in [-0.15, -0.1) is 0 Å². The molecule has 2 aliphatic heterocycles. The number of aliphatic hydroxyl groups is 1. The summed E-state index contributed by atoms with van der Waals surface area (Å²) >= 11 is 0. The molecule has 2 rings (SSSR count). The molecule has 2 saturated heterocycles. The van der Waals surface area contributed by atoms with Crippen LogP contribution >= 0.6 is 0 Å². The van der Waals surface area contributed by atoms with E-state index in [-0.39, 0.29) is 28.2 Å². The molecule has 0 aromatic carbocycles. The van der Waals surface area contributed by atoms with Gasteiger partial charge in [0, 0.05) is 41.0 Å². The molecule has 2 fully saturated rings. The molecule has 0 radical (unpaired) electrons. The highest BCUT2D eigenvalue weighted by Crippen LogP contribution is 2.40. The number of nitrogens with one attached hydrogen (secondary N) is 2. The Balaban J connectivity index is 2.20. The van der Waals surface area contributed by atoms with Gasteiger partial charge in [0.05, 0.1) is 0 Å². The van der Waals surface area contributed by atoms with E-state index in [1.807, 2.05) is 0 Å². The van der Waals surface area contributed by atoms with Gasteiger partial charge in [0.2, 0.25) is 0 Å². The summed E-state index contributed by atoms with van der Waals surface area (Å²) in [6, 6.07) is 0.287. The maximum atomic E-state index is 11.4. The number of nitrogens with zero attached hydrogens (tertiary/aromatic N) is 1. The zero-order chi connectivity index (χ0) is 17.9. The fourth-order valence-corrected chi connectivity index (χ4v) is 5.24. The van der Waals surface area contributed by atoms with E-state index in [9.17, 15) is 5.11 Å². The Morgan fingerprint density at radius 3 is 1.91 bits per heavy atom. The molecule has 0 aliphatic carbocycles. The third-order valence-electron chi connectivity index (χ3n) is 6.26. The second-order valence-corrected chi connectivity index (χ2v) is 10.5. The summed E-state index contributed by atoms with van der Waals surface area (Å²) in [6.45, 7) is 18.0. The third kappa shape index (κ3) is 3.92. The Kier molecular flexibility index (Phi) is 4.52. The molecule has 0 saturated carbocycles. The summed E-state index contributed by atoms with van der Waals surface area (Å²) in [6.07, 6.45) is 3.69. The molecule has 0 bridgehead atoms. The first-order valence-corrected chi connectivity index (χ1v) is 9.12. The lowest BCUT2D eigenvalue weighted by molar-refractivity contribution is -0.116. The molecule has 4 nitrogen and oxygen atoms in total. The van der Waals surface area contributed by atoms with Crippen LogP contribution in [0.1, 0.15) is 81.1 Å². The van der Waals surface area contributed by atoms with Crippen molar-refractivity contribution in [2.45, 2.75) is 115 Å². The molecule has 2 heterocycles. The molecule has 1 unspecified atom stereocenters. The van der Waals surface area contributed by atoms with Gasteiger partial charge < -0.3 is 10.4 Å². The minimum atomic E-state index is -0.817. The van der Waals surface area contributed by atoms with Crippen LogP contribution in [0.4, 0.5) is 0 Å². The number of likely N-dealkylation sites (N-methyl/N-ethyl adjacent to an activating group) is 1. The summed E-state index contributed by atoms with van der Waals surface area (Å²) in [4.78, 5) is 2.47. The molecule has 0 spiro atoms. The topological polar surface area (TPSA) is 47.5 Å². The van der Waals surface area contributed by atoms with E-state index >= 15 is 0 Å². The highest BCUT2D eigenvalue weighted by Gasteiger charge is 2.51. The minimum absolute atomic E-state index is 0.0106. The molecule has 2 aliphatic rings. The maximum Gasteiger partial charge on any atom is 0.119 e. The number of hydrogen-bond donors (Lipinski definition) is 3. The van der Waals surface area contributed by atoms with Crippen molar-refractivity contribution >= 4 is 0 Å². The molecule has 3 N–H and O–H groups in total. The van der Waals surface area contributed by atoms with Gasteiger partial charge in [0.1, 0.15) is 5.72 Å². The van der Waals surface area contributed by atoms with Gasteiger partial charge in [-0.05, 0) is 75.3 Å². The lowest BCUT2D eigenvalue weighted by Gasteiger charge is -2.58. The van der Waals surface area contributed by atoms with Gasteiger partial charge in [0.25, 0.3) is 0 Å². The van der Waals surface area contributed by atoms with E-state index in [0.29, 0.717) is 0 Å². The normalized spacial score (nSPS) is 35.0. The first-order chi connectivity index (χ1) is 10.1. The van der Waals surface area contributed by atoms with Crippen LogP contribution in [0, 0.1) is 0 Å².